The molecule has 1 aromatic rings. The highest BCUT2D eigenvalue weighted by atomic mass is 32.2. The molecule has 6 heteroatoms. The Labute approximate surface area is 121 Å². The fraction of sp³-hybridized carbons (Fsp3) is 0.571. The van der Waals surface area contributed by atoms with Gasteiger partial charge in [0.1, 0.15) is 0 Å². The molecular weight excluding hydrogens is 276 g/mol. The van der Waals surface area contributed by atoms with Crippen molar-refractivity contribution in [2.75, 3.05) is 26.8 Å². The first kappa shape index (κ1) is 17.1. The summed E-state index contributed by atoms with van der Waals surface area (Å²) in [6, 6.07) is 7.18. The molecule has 0 aliphatic heterocycles. The van der Waals surface area contributed by atoms with Crippen molar-refractivity contribution in [3.63, 3.8) is 0 Å². The smallest absolute Gasteiger partial charge is 0.240 e. The molecule has 1 aromatic carbocycles. The molecular formula is C14H24N2O3S. The standard InChI is InChI=1S/C14H24N2O3S/c1-4-15-12(2)13-6-8-14(9-7-13)20(17,18)16-10-5-11-19-3/h6-9,12,15-16H,4-5,10-11H2,1-3H3. The predicted octanol–water partition coefficient (Wildman–Crippen LogP) is 1.67. The molecule has 114 valence electrons. The summed E-state index contributed by atoms with van der Waals surface area (Å²) < 4.78 is 31.5. The molecule has 0 aliphatic rings. The van der Waals surface area contributed by atoms with E-state index in [-0.39, 0.29) is 6.04 Å². The third kappa shape index (κ3) is 5.20. The second-order valence-corrected chi connectivity index (χ2v) is 6.36. The van der Waals surface area contributed by atoms with Gasteiger partial charge in [0.2, 0.25) is 10.0 Å². The van der Waals surface area contributed by atoms with Crippen LogP contribution in [-0.2, 0) is 14.8 Å². The highest BCUT2D eigenvalue weighted by molar-refractivity contribution is 7.89. The summed E-state index contributed by atoms with van der Waals surface area (Å²) in [5, 5.41) is 3.29. The predicted molar refractivity (Wildman–Crippen MR) is 80.2 cm³/mol. The monoisotopic (exact) mass is 300 g/mol. The quantitative estimate of drug-likeness (QED) is 0.681. The number of nitrogens with one attached hydrogen (secondary N) is 2. The summed E-state index contributed by atoms with van der Waals surface area (Å²) in [5.74, 6) is 0. The number of ether oxygens (including phenoxy) is 1. The van der Waals surface area contributed by atoms with Crippen LogP contribution >= 0.6 is 0 Å². The second-order valence-electron chi connectivity index (χ2n) is 4.59. The zero-order valence-electron chi connectivity index (χ0n) is 12.3. The van der Waals surface area contributed by atoms with E-state index in [1.54, 1.807) is 19.2 Å². The first-order valence-corrected chi connectivity index (χ1v) is 8.31. The molecule has 0 fully saturated rings. The van der Waals surface area contributed by atoms with Crippen molar-refractivity contribution in [2.45, 2.75) is 31.2 Å². The van der Waals surface area contributed by atoms with Gasteiger partial charge in [-0.1, -0.05) is 19.1 Å². The lowest BCUT2D eigenvalue weighted by atomic mass is 10.1. The average molecular weight is 300 g/mol. The largest absolute Gasteiger partial charge is 0.385 e. The fourth-order valence-corrected chi connectivity index (χ4v) is 2.94. The normalized spacial score (nSPS) is 13.3. The maximum atomic E-state index is 12.0. The minimum absolute atomic E-state index is 0.214. The van der Waals surface area contributed by atoms with Crippen molar-refractivity contribution < 1.29 is 13.2 Å². The van der Waals surface area contributed by atoms with Crippen LogP contribution in [0, 0.1) is 0 Å². The second kappa shape index (κ2) is 8.36. The average Bonchev–Trinajstić information content (AvgIpc) is 2.44. The van der Waals surface area contributed by atoms with E-state index in [4.69, 9.17) is 4.74 Å². The topological polar surface area (TPSA) is 67.4 Å². The van der Waals surface area contributed by atoms with Crippen LogP contribution in [0.25, 0.3) is 0 Å². The molecule has 0 spiro atoms. The number of hydrogen-bond donors (Lipinski definition) is 2. The van der Waals surface area contributed by atoms with Gasteiger partial charge in [0.25, 0.3) is 0 Å². The number of rotatable bonds is 9. The molecule has 0 amide bonds. The fourth-order valence-electron chi connectivity index (χ4n) is 1.87. The molecule has 5 nitrogen and oxygen atoms in total. The van der Waals surface area contributed by atoms with Gasteiger partial charge in [0.15, 0.2) is 0 Å². The van der Waals surface area contributed by atoms with Crippen LogP contribution in [0.2, 0.25) is 0 Å². The Morgan fingerprint density at radius 1 is 1.25 bits per heavy atom. The maximum Gasteiger partial charge on any atom is 0.240 e. The summed E-state index contributed by atoms with van der Waals surface area (Å²) in [6.07, 6.45) is 0.658. The van der Waals surface area contributed by atoms with E-state index in [0.29, 0.717) is 24.5 Å². The number of sulfonamides is 1. The number of methoxy groups -OCH3 is 1. The number of hydrogen-bond acceptors (Lipinski definition) is 4. The van der Waals surface area contributed by atoms with E-state index < -0.39 is 10.0 Å². The maximum absolute atomic E-state index is 12.0. The zero-order valence-corrected chi connectivity index (χ0v) is 13.2. The first-order chi connectivity index (χ1) is 9.51. The van der Waals surface area contributed by atoms with E-state index in [1.807, 2.05) is 19.1 Å². The summed E-state index contributed by atoms with van der Waals surface area (Å²) in [6.45, 7) is 5.89. The van der Waals surface area contributed by atoms with Gasteiger partial charge in [0, 0.05) is 26.3 Å². The van der Waals surface area contributed by atoms with Gasteiger partial charge in [-0.15, -0.1) is 0 Å². The van der Waals surface area contributed by atoms with Gasteiger partial charge in [-0.05, 0) is 37.6 Å². The highest BCUT2D eigenvalue weighted by Gasteiger charge is 2.13. The molecule has 0 bridgehead atoms. The summed E-state index contributed by atoms with van der Waals surface area (Å²) in [4.78, 5) is 0.294. The Kier molecular flexibility index (Phi) is 7.15. The molecule has 0 aliphatic carbocycles. The Morgan fingerprint density at radius 3 is 2.45 bits per heavy atom. The summed E-state index contributed by atoms with van der Waals surface area (Å²) in [5.41, 5.74) is 1.07. The Balaban J connectivity index is 2.67. The van der Waals surface area contributed by atoms with Gasteiger partial charge in [-0.2, -0.15) is 0 Å². The van der Waals surface area contributed by atoms with Gasteiger partial charge in [-0.25, -0.2) is 13.1 Å². The summed E-state index contributed by atoms with van der Waals surface area (Å²) in [7, 11) is -1.83. The molecule has 1 rings (SSSR count). The van der Waals surface area contributed by atoms with E-state index in [1.165, 1.54) is 0 Å². The van der Waals surface area contributed by atoms with Crippen molar-refractivity contribution >= 4 is 10.0 Å². The molecule has 1 unspecified atom stereocenters. The van der Waals surface area contributed by atoms with Crippen LogP contribution in [0.15, 0.2) is 29.2 Å². The lowest BCUT2D eigenvalue weighted by Gasteiger charge is -2.13. The molecule has 0 heterocycles. The zero-order chi connectivity index (χ0) is 15.0. The molecule has 20 heavy (non-hydrogen) atoms. The third-order valence-corrected chi connectivity index (χ3v) is 4.49. The van der Waals surface area contributed by atoms with E-state index in [2.05, 4.69) is 17.0 Å². The molecule has 1 atom stereocenters. The van der Waals surface area contributed by atoms with Crippen LogP contribution in [0.5, 0.6) is 0 Å². The van der Waals surface area contributed by atoms with Crippen LogP contribution in [-0.4, -0.2) is 35.2 Å². The van der Waals surface area contributed by atoms with Crippen molar-refractivity contribution in [3.05, 3.63) is 29.8 Å². The van der Waals surface area contributed by atoms with Crippen LogP contribution < -0.4 is 10.0 Å². The van der Waals surface area contributed by atoms with Gasteiger partial charge in [-0.3, -0.25) is 0 Å². The summed E-state index contributed by atoms with van der Waals surface area (Å²) >= 11 is 0. The third-order valence-electron chi connectivity index (χ3n) is 3.02. The molecule has 0 aromatic heterocycles. The lowest BCUT2D eigenvalue weighted by Crippen LogP contribution is -2.25. The van der Waals surface area contributed by atoms with Gasteiger partial charge >= 0.3 is 0 Å². The molecule has 2 N–H and O–H groups in total. The highest BCUT2D eigenvalue weighted by Crippen LogP contribution is 2.16. The van der Waals surface area contributed by atoms with Gasteiger partial charge in [0.05, 0.1) is 4.90 Å². The minimum atomic E-state index is -3.42. The van der Waals surface area contributed by atoms with Crippen molar-refractivity contribution in [1.82, 2.24) is 10.0 Å². The van der Waals surface area contributed by atoms with Crippen molar-refractivity contribution in [2.24, 2.45) is 0 Å². The Bertz CT molecular complexity index is 486. The SMILES string of the molecule is CCNC(C)c1ccc(S(=O)(=O)NCCCOC)cc1. The van der Waals surface area contributed by atoms with Crippen LogP contribution in [0.4, 0.5) is 0 Å². The molecule has 0 radical (unpaired) electrons. The van der Waals surface area contributed by atoms with E-state index in [0.717, 1.165) is 12.1 Å². The molecule has 0 saturated carbocycles. The minimum Gasteiger partial charge on any atom is -0.385 e. The van der Waals surface area contributed by atoms with Crippen molar-refractivity contribution in [1.29, 1.82) is 0 Å². The Hall–Kier alpha value is -0.950. The molecule has 0 saturated heterocycles. The van der Waals surface area contributed by atoms with Gasteiger partial charge < -0.3 is 10.1 Å². The number of benzene rings is 1. The van der Waals surface area contributed by atoms with Crippen LogP contribution in [0.1, 0.15) is 31.9 Å². The first-order valence-electron chi connectivity index (χ1n) is 6.83. The van der Waals surface area contributed by atoms with E-state index in [9.17, 15) is 8.42 Å². The van der Waals surface area contributed by atoms with Crippen LogP contribution in [0.3, 0.4) is 0 Å². The Morgan fingerprint density at radius 2 is 1.90 bits per heavy atom. The lowest BCUT2D eigenvalue weighted by molar-refractivity contribution is 0.196. The van der Waals surface area contributed by atoms with Crippen molar-refractivity contribution in [3.8, 4) is 0 Å². The van der Waals surface area contributed by atoms with E-state index >= 15 is 0 Å².